The molecule has 5 nitrogen and oxygen atoms in total. The normalized spacial score (nSPS) is 13.8. The average Bonchev–Trinajstić information content (AvgIpc) is 2.29. The lowest BCUT2D eigenvalue weighted by atomic mass is 10.0. The second-order valence-corrected chi connectivity index (χ2v) is 2.68. The summed E-state index contributed by atoms with van der Waals surface area (Å²) in [5.74, 6) is -0.779. The fourth-order valence-corrected chi connectivity index (χ4v) is 1.26. The molecule has 0 radical (unpaired) electrons. The van der Waals surface area contributed by atoms with E-state index in [4.69, 9.17) is 0 Å². The van der Waals surface area contributed by atoms with Gasteiger partial charge in [0.15, 0.2) is 0 Å². The van der Waals surface area contributed by atoms with E-state index in [1.54, 1.807) is 6.08 Å². The molecule has 1 aromatic rings. The predicted octanol–water partition coefficient (Wildman–Crippen LogP) is 1.96. The van der Waals surface area contributed by atoms with Crippen molar-refractivity contribution in [2.24, 2.45) is 0 Å². The Morgan fingerprint density at radius 3 is 2.77 bits per heavy atom. The lowest BCUT2D eigenvalue weighted by Crippen LogP contribution is -1.91. The molecule has 0 unspecified atom stereocenters. The van der Waals surface area contributed by atoms with Crippen molar-refractivity contribution in [2.75, 3.05) is 0 Å². The minimum atomic E-state index is -0.407. The first-order valence-corrected chi connectivity index (χ1v) is 3.82. The summed E-state index contributed by atoms with van der Waals surface area (Å²) >= 11 is 0. The topological polar surface area (TPSA) is 79.9 Å². The van der Waals surface area contributed by atoms with Crippen molar-refractivity contribution in [2.45, 2.75) is 12.8 Å². The molecule has 0 bridgehead atoms. The maximum atomic E-state index is 9.28. The van der Waals surface area contributed by atoms with Crippen molar-refractivity contribution in [3.63, 3.8) is 0 Å². The van der Waals surface area contributed by atoms with Crippen LogP contribution < -0.4 is 0 Å². The Morgan fingerprint density at radius 1 is 1.15 bits per heavy atom. The van der Waals surface area contributed by atoms with Crippen LogP contribution in [-0.2, 0) is 6.42 Å². The van der Waals surface area contributed by atoms with E-state index in [0.717, 1.165) is 6.42 Å². The van der Waals surface area contributed by atoms with Crippen LogP contribution in [0.1, 0.15) is 17.5 Å². The van der Waals surface area contributed by atoms with Gasteiger partial charge in [0.1, 0.15) is 0 Å². The van der Waals surface area contributed by atoms with Crippen molar-refractivity contribution in [1.29, 1.82) is 0 Å². The van der Waals surface area contributed by atoms with E-state index < -0.39 is 5.95 Å². The van der Waals surface area contributed by atoms with Gasteiger partial charge < -0.3 is 10.2 Å². The maximum Gasteiger partial charge on any atom is 0.340 e. The molecule has 2 N–H and O–H groups in total. The second kappa shape index (κ2) is 2.93. The SMILES string of the molecule is Oc1oooc(O)c2c1C=CCC2. The molecule has 0 saturated carbocycles. The molecule has 1 heterocycles. The summed E-state index contributed by atoms with van der Waals surface area (Å²) in [6.45, 7) is 0. The lowest BCUT2D eigenvalue weighted by Gasteiger charge is -2.04. The van der Waals surface area contributed by atoms with E-state index in [9.17, 15) is 10.2 Å². The summed E-state index contributed by atoms with van der Waals surface area (Å²) in [5, 5.41) is 18.5. The van der Waals surface area contributed by atoms with Crippen molar-refractivity contribution in [1.82, 2.24) is 0 Å². The number of hydrogen-bond donors (Lipinski definition) is 2. The first kappa shape index (κ1) is 7.85. The molecule has 1 aliphatic carbocycles. The fraction of sp³-hybridized carbons (Fsp3) is 0.250. The Bertz CT molecular complexity index is 377. The van der Waals surface area contributed by atoms with Crippen molar-refractivity contribution < 1.29 is 24.1 Å². The largest absolute Gasteiger partial charge is 0.478 e. The lowest BCUT2D eigenvalue weighted by molar-refractivity contribution is -0.194. The van der Waals surface area contributed by atoms with Gasteiger partial charge in [-0.2, -0.15) is 0 Å². The molecule has 0 saturated heterocycles. The van der Waals surface area contributed by atoms with Crippen LogP contribution in [0.15, 0.2) is 20.0 Å². The third-order valence-electron chi connectivity index (χ3n) is 1.89. The molecule has 0 amide bonds. The number of aromatic hydroxyl groups is 2. The van der Waals surface area contributed by atoms with Gasteiger partial charge in [-0.3, -0.25) is 0 Å². The summed E-state index contributed by atoms with van der Waals surface area (Å²) in [4.78, 5) is 0. The van der Waals surface area contributed by atoms with Crippen molar-refractivity contribution in [3.05, 3.63) is 17.2 Å². The van der Waals surface area contributed by atoms with E-state index in [1.807, 2.05) is 6.08 Å². The molecule has 0 aliphatic heterocycles. The highest BCUT2D eigenvalue weighted by atomic mass is 17.2. The molecule has 0 atom stereocenters. The Balaban J connectivity index is 2.74. The van der Waals surface area contributed by atoms with Gasteiger partial charge in [-0.15, -0.1) is 0 Å². The molecule has 2 rings (SSSR count). The summed E-state index contributed by atoms with van der Waals surface area (Å²) in [7, 11) is 0. The Labute approximate surface area is 73.1 Å². The van der Waals surface area contributed by atoms with Crippen molar-refractivity contribution in [3.8, 4) is 11.9 Å². The Kier molecular flexibility index (Phi) is 1.77. The van der Waals surface area contributed by atoms with Crippen LogP contribution in [0, 0.1) is 0 Å². The van der Waals surface area contributed by atoms with Crippen LogP contribution in [0.3, 0.4) is 0 Å². The number of hydrogen-bond acceptors (Lipinski definition) is 5. The zero-order valence-electron chi connectivity index (χ0n) is 6.69. The van der Waals surface area contributed by atoms with Crippen LogP contribution in [-0.4, -0.2) is 10.2 Å². The zero-order chi connectivity index (χ0) is 9.26. The van der Waals surface area contributed by atoms with Gasteiger partial charge in [0.25, 0.3) is 0 Å². The van der Waals surface area contributed by atoms with E-state index in [2.05, 4.69) is 13.9 Å². The quantitative estimate of drug-likeness (QED) is 0.602. The standard InChI is InChI=1S/C8H8O5/c9-7-5-3-1-2-4-6(5)8(10)12-13-11-7/h1,3,9-10H,2,4H2. The Hall–Kier alpha value is -1.78. The van der Waals surface area contributed by atoms with E-state index in [-0.39, 0.29) is 5.95 Å². The minimum absolute atomic E-state index is 0.372. The van der Waals surface area contributed by atoms with Gasteiger partial charge >= 0.3 is 11.9 Å². The number of fused-ring (bicyclic) bond motifs is 1. The predicted molar refractivity (Wildman–Crippen MR) is 41.6 cm³/mol. The smallest absolute Gasteiger partial charge is 0.340 e. The van der Waals surface area contributed by atoms with Crippen molar-refractivity contribution >= 4 is 6.08 Å². The van der Waals surface area contributed by atoms with E-state index in [0.29, 0.717) is 17.5 Å². The molecule has 0 fully saturated rings. The van der Waals surface area contributed by atoms with Gasteiger partial charge in [-0.05, 0) is 12.8 Å². The summed E-state index contributed by atoms with van der Waals surface area (Å²) in [6.07, 6.45) is 4.85. The van der Waals surface area contributed by atoms with Crippen LogP contribution in [0.4, 0.5) is 0 Å². The van der Waals surface area contributed by atoms with Gasteiger partial charge in [-0.1, -0.05) is 16.9 Å². The van der Waals surface area contributed by atoms with Gasteiger partial charge in [-0.25, -0.2) is 9.15 Å². The molecule has 1 aliphatic rings. The third kappa shape index (κ3) is 1.28. The highest BCUT2D eigenvalue weighted by molar-refractivity contribution is 5.60. The van der Waals surface area contributed by atoms with Crippen LogP contribution in [0.2, 0.25) is 0 Å². The summed E-state index contributed by atoms with van der Waals surface area (Å²) in [5.41, 5.74) is 0.874. The molecule has 5 heteroatoms. The molecule has 0 spiro atoms. The molecule has 70 valence electrons. The maximum absolute atomic E-state index is 9.28. The van der Waals surface area contributed by atoms with E-state index >= 15 is 0 Å². The summed E-state index contributed by atoms with van der Waals surface area (Å²) < 4.78 is 12.7. The van der Waals surface area contributed by atoms with Crippen LogP contribution in [0.5, 0.6) is 11.9 Å². The highest BCUT2D eigenvalue weighted by Crippen LogP contribution is 2.31. The Morgan fingerprint density at radius 2 is 1.92 bits per heavy atom. The van der Waals surface area contributed by atoms with Gasteiger partial charge in [0, 0.05) is 0 Å². The van der Waals surface area contributed by atoms with Gasteiger partial charge in [0.2, 0.25) is 0 Å². The third-order valence-corrected chi connectivity index (χ3v) is 1.89. The molecule has 0 aromatic carbocycles. The monoisotopic (exact) mass is 184 g/mol. The minimum Gasteiger partial charge on any atom is -0.478 e. The molecular weight excluding hydrogens is 176 g/mol. The second-order valence-electron chi connectivity index (χ2n) is 2.68. The van der Waals surface area contributed by atoms with Crippen LogP contribution >= 0.6 is 0 Å². The van der Waals surface area contributed by atoms with Gasteiger partial charge in [0.05, 0.1) is 11.1 Å². The first-order chi connectivity index (χ1) is 6.29. The average molecular weight is 184 g/mol. The summed E-state index contributed by atoms with van der Waals surface area (Å²) in [6, 6.07) is 0. The van der Waals surface area contributed by atoms with Crippen LogP contribution in [0.25, 0.3) is 6.08 Å². The van der Waals surface area contributed by atoms with E-state index in [1.165, 1.54) is 0 Å². The molecule has 1 aromatic heterocycles. The molecular formula is C8H8O5. The molecule has 13 heavy (non-hydrogen) atoms. The highest BCUT2D eigenvalue weighted by Gasteiger charge is 2.16. The first-order valence-electron chi connectivity index (χ1n) is 3.82. The number of rotatable bonds is 0. The number of allylic oxidation sites excluding steroid dienone is 1. The fourth-order valence-electron chi connectivity index (χ4n) is 1.26. The zero-order valence-corrected chi connectivity index (χ0v) is 6.69.